The van der Waals surface area contributed by atoms with Crippen molar-refractivity contribution in [2.75, 3.05) is 6.61 Å². The summed E-state index contributed by atoms with van der Waals surface area (Å²) >= 11 is 0. The highest BCUT2D eigenvalue weighted by Crippen LogP contribution is 2.27. The van der Waals surface area contributed by atoms with E-state index in [0.29, 0.717) is 0 Å². The van der Waals surface area contributed by atoms with Crippen molar-refractivity contribution in [3.8, 4) is 0 Å². The highest BCUT2D eigenvalue weighted by atomic mass is 16.2. The van der Waals surface area contributed by atoms with Crippen LogP contribution in [0.5, 0.6) is 0 Å². The molecule has 1 N–H and O–H groups in total. The Hall–Kier alpha value is -1.28. The van der Waals surface area contributed by atoms with Crippen LogP contribution >= 0.6 is 0 Å². The molecule has 98 valence electrons. The predicted molar refractivity (Wildman–Crippen MR) is 77.1 cm³/mol. The maximum absolute atomic E-state index is 9.01. The molecule has 0 saturated carbocycles. The number of fused-ring (bicyclic) bond motifs is 1. The van der Waals surface area contributed by atoms with E-state index in [4.69, 9.17) is 5.11 Å². The molecule has 0 amide bonds. The van der Waals surface area contributed by atoms with E-state index in [-0.39, 0.29) is 6.61 Å². The minimum atomic E-state index is 0.269. The molecule has 1 heterocycles. The third kappa shape index (κ3) is 2.44. The molecule has 0 fully saturated rings. The van der Waals surface area contributed by atoms with E-state index < -0.39 is 0 Å². The second-order valence-electron chi connectivity index (χ2n) is 5.15. The lowest BCUT2D eigenvalue weighted by atomic mass is 10.0. The van der Waals surface area contributed by atoms with Gasteiger partial charge in [-0.1, -0.05) is 18.6 Å². The summed E-state index contributed by atoms with van der Waals surface area (Å²) in [6.07, 6.45) is 5.23. The minimum absolute atomic E-state index is 0.269. The van der Waals surface area contributed by atoms with Crippen LogP contribution in [0.15, 0.2) is 18.3 Å². The first kappa shape index (κ1) is 13.2. The molecule has 1 aromatic carbocycles. The van der Waals surface area contributed by atoms with E-state index in [1.54, 1.807) is 0 Å². The number of aryl methyl sites for hydroxylation is 4. The van der Waals surface area contributed by atoms with E-state index in [1.807, 2.05) is 0 Å². The molecule has 0 spiro atoms. The van der Waals surface area contributed by atoms with Crippen LogP contribution in [0.4, 0.5) is 0 Å². The van der Waals surface area contributed by atoms with E-state index >= 15 is 0 Å². The van der Waals surface area contributed by atoms with Crippen molar-refractivity contribution in [1.82, 2.24) is 4.57 Å². The summed E-state index contributed by atoms with van der Waals surface area (Å²) < 4.78 is 2.37. The van der Waals surface area contributed by atoms with Gasteiger partial charge in [0, 0.05) is 24.7 Å². The van der Waals surface area contributed by atoms with Crippen molar-refractivity contribution in [2.24, 2.45) is 0 Å². The fourth-order valence-corrected chi connectivity index (χ4v) is 2.79. The molecular formula is C16H23NO. The van der Waals surface area contributed by atoms with Gasteiger partial charge in [0.15, 0.2) is 0 Å². The molecule has 0 unspecified atom stereocenters. The monoisotopic (exact) mass is 245 g/mol. The maximum atomic E-state index is 9.01. The Bertz CT molecular complexity index is 540. The number of rotatable bonds is 5. The molecule has 2 aromatic rings. The molecule has 0 saturated heterocycles. The molecule has 2 heteroatoms. The Morgan fingerprint density at radius 3 is 2.67 bits per heavy atom. The molecule has 0 radical (unpaired) electrons. The molecule has 2 nitrogen and oxygen atoms in total. The van der Waals surface area contributed by atoms with Crippen molar-refractivity contribution in [1.29, 1.82) is 0 Å². The average molecular weight is 245 g/mol. The molecule has 0 bridgehead atoms. The Morgan fingerprint density at radius 2 is 2.00 bits per heavy atom. The second kappa shape index (κ2) is 5.57. The molecular weight excluding hydrogens is 222 g/mol. The van der Waals surface area contributed by atoms with Gasteiger partial charge in [-0.2, -0.15) is 0 Å². The van der Waals surface area contributed by atoms with E-state index in [9.17, 15) is 0 Å². The second-order valence-corrected chi connectivity index (χ2v) is 5.15. The van der Waals surface area contributed by atoms with Crippen molar-refractivity contribution in [3.63, 3.8) is 0 Å². The van der Waals surface area contributed by atoms with Crippen LogP contribution in [-0.4, -0.2) is 16.3 Å². The van der Waals surface area contributed by atoms with Crippen molar-refractivity contribution < 1.29 is 5.11 Å². The molecule has 0 aliphatic carbocycles. The van der Waals surface area contributed by atoms with Crippen LogP contribution in [-0.2, 0) is 13.0 Å². The van der Waals surface area contributed by atoms with Crippen LogP contribution in [0.25, 0.3) is 10.9 Å². The number of nitrogens with zero attached hydrogens (tertiary/aromatic N) is 1. The van der Waals surface area contributed by atoms with Gasteiger partial charge >= 0.3 is 0 Å². The van der Waals surface area contributed by atoms with Gasteiger partial charge in [-0.05, 0) is 50.3 Å². The number of hydrogen-bond acceptors (Lipinski definition) is 1. The van der Waals surface area contributed by atoms with Gasteiger partial charge in [0.05, 0.1) is 5.52 Å². The first-order valence-electron chi connectivity index (χ1n) is 6.87. The largest absolute Gasteiger partial charge is 0.396 e. The lowest BCUT2D eigenvalue weighted by Gasteiger charge is -2.06. The number of aliphatic hydroxyl groups excluding tert-OH is 1. The van der Waals surface area contributed by atoms with E-state index in [0.717, 1.165) is 25.8 Å². The van der Waals surface area contributed by atoms with Gasteiger partial charge in [-0.25, -0.2) is 0 Å². The van der Waals surface area contributed by atoms with Gasteiger partial charge in [0.2, 0.25) is 0 Å². The van der Waals surface area contributed by atoms with Crippen LogP contribution in [0.1, 0.15) is 36.5 Å². The molecule has 0 aliphatic heterocycles. The fraction of sp³-hybridized carbons (Fsp3) is 0.500. The number of aromatic nitrogens is 1. The van der Waals surface area contributed by atoms with E-state index in [1.165, 1.54) is 27.6 Å². The maximum Gasteiger partial charge on any atom is 0.0513 e. The number of aliphatic hydroxyl groups is 1. The third-order valence-electron chi connectivity index (χ3n) is 3.46. The highest BCUT2D eigenvalue weighted by molar-refractivity contribution is 5.87. The number of benzene rings is 1. The standard InChI is InChI=1S/C16H23NO/c1-4-7-17-11-14(6-5-8-18)15-10-12(2)9-13(3)16(15)17/h9-11,18H,4-8H2,1-3H3. The quantitative estimate of drug-likeness (QED) is 0.855. The van der Waals surface area contributed by atoms with Gasteiger partial charge in [-0.3, -0.25) is 0 Å². The summed E-state index contributed by atoms with van der Waals surface area (Å²) in [6.45, 7) is 7.89. The SMILES string of the molecule is CCCn1cc(CCCO)c2cc(C)cc(C)c21. The minimum Gasteiger partial charge on any atom is -0.396 e. The highest BCUT2D eigenvalue weighted by Gasteiger charge is 2.10. The Labute approximate surface area is 109 Å². The lowest BCUT2D eigenvalue weighted by Crippen LogP contribution is -1.95. The summed E-state index contributed by atoms with van der Waals surface area (Å²) in [5.74, 6) is 0. The van der Waals surface area contributed by atoms with Gasteiger partial charge in [0.1, 0.15) is 0 Å². The number of hydrogen-bond donors (Lipinski definition) is 1. The Balaban J connectivity index is 2.56. The molecule has 0 aliphatic rings. The molecule has 0 atom stereocenters. The smallest absolute Gasteiger partial charge is 0.0513 e. The fourth-order valence-electron chi connectivity index (χ4n) is 2.79. The normalized spacial score (nSPS) is 11.3. The lowest BCUT2D eigenvalue weighted by molar-refractivity contribution is 0.288. The van der Waals surface area contributed by atoms with Crippen molar-refractivity contribution in [2.45, 2.75) is 46.6 Å². The van der Waals surface area contributed by atoms with Crippen molar-refractivity contribution >= 4 is 10.9 Å². The molecule has 2 rings (SSSR count). The Kier molecular flexibility index (Phi) is 4.07. The first-order valence-corrected chi connectivity index (χ1v) is 6.87. The average Bonchev–Trinajstić information content (AvgIpc) is 2.65. The Morgan fingerprint density at radius 1 is 1.22 bits per heavy atom. The van der Waals surface area contributed by atoms with Crippen LogP contribution in [0, 0.1) is 13.8 Å². The zero-order valence-corrected chi connectivity index (χ0v) is 11.7. The summed E-state index contributed by atoms with van der Waals surface area (Å²) in [6, 6.07) is 4.53. The zero-order valence-electron chi connectivity index (χ0n) is 11.7. The van der Waals surface area contributed by atoms with Crippen LogP contribution in [0.2, 0.25) is 0 Å². The molecule has 18 heavy (non-hydrogen) atoms. The predicted octanol–water partition coefficient (Wildman–Crippen LogP) is 3.59. The summed E-state index contributed by atoms with van der Waals surface area (Å²) in [4.78, 5) is 0. The van der Waals surface area contributed by atoms with Gasteiger partial charge < -0.3 is 9.67 Å². The van der Waals surface area contributed by atoms with Crippen molar-refractivity contribution in [3.05, 3.63) is 35.0 Å². The topological polar surface area (TPSA) is 25.2 Å². The summed E-state index contributed by atoms with van der Waals surface area (Å²) in [5, 5.41) is 10.4. The van der Waals surface area contributed by atoms with E-state index in [2.05, 4.69) is 43.7 Å². The van der Waals surface area contributed by atoms with Gasteiger partial charge in [0.25, 0.3) is 0 Å². The van der Waals surface area contributed by atoms with Crippen LogP contribution in [0.3, 0.4) is 0 Å². The zero-order chi connectivity index (χ0) is 13.1. The summed E-state index contributed by atoms with van der Waals surface area (Å²) in [5.41, 5.74) is 5.42. The molecule has 1 aromatic heterocycles. The summed E-state index contributed by atoms with van der Waals surface area (Å²) in [7, 11) is 0. The van der Waals surface area contributed by atoms with Crippen LogP contribution < -0.4 is 0 Å². The third-order valence-corrected chi connectivity index (χ3v) is 3.46. The van der Waals surface area contributed by atoms with Gasteiger partial charge in [-0.15, -0.1) is 0 Å². The first-order chi connectivity index (χ1) is 8.67.